The van der Waals surface area contributed by atoms with E-state index in [0.29, 0.717) is 6.04 Å². The zero-order chi connectivity index (χ0) is 11.4. The van der Waals surface area contributed by atoms with Crippen molar-refractivity contribution in [2.24, 2.45) is 10.8 Å². The quantitative estimate of drug-likeness (QED) is 0.359. The summed E-state index contributed by atoms with van der Waals surface area (Å²) in [5.41, 5.74) is 5.15. The molecule has 16 heavy (non-hydrogen) atoms. The number of nitrogens with two attached hydrogens (primary N) is 1. The van der Waals surface area contributed by atoms with Gasteiger partial charge in [0.2, 0.25) is 0 Å². The van der Waals surface area contributed by atoms with E-state index in [4.69, 9.17) is 10.8 Å². The topological polar surface area (TPSA) is 50.4 Å². The molecule has 0 aromatic carbocycles. The summed E-state index contributed by atoms with van der Waals surface area (Å²) in [6.07, 6.45) is 6.36. The summed E-state index contributed by atoms with van der Waals surface area (Å²) in [6, 6.07) is 0.457. The van der Waals surface area contributed by atoms with E-state index in [1.165, 1.54) is 37.7 Å². The third-order valence-corrected chi connectivity index (χ3v) is 4.00. The number of hydrogen-bond donors (Lipinski definition) is 2. The summed E-state index contributed by atoms with van der Waals surface area (Å²) in [7, 11) is 0. The zero-order valence-corrected chi connectivity index (χ0v) is 10.5. The molecule has 3 nitrogen and oxygen atoms in total. The minimum Gasteiger partial charge on any atom is -0.308 e. The summed E-state index contributed by atoms with van der Waals surface area (Å²) in [5, 5.41) is 4.24. The van der Waals surface area contributed by atoms with Crippen LogP contribution >= 0.6 is 11.3 Å². The number of amidine groups is 1. The van der Waals surface area contributed by atoms with Crippen molar-refractivity contribution in [2.45, 2.75) is 45.1 Å². The highest BCUT2D eigenvalue weighted by atomic mass is 32.1. The molecule has 1 aliphatic carbocycles. The predicted molar refractivity (Wildman–Crippen MR) is 69.8 cm³/mol. The van der Waals surface area contributed by atoms with Gasteiger partial charge < -0.3 is 5.43 Å². The Labute approximate surface area is 101 Å². The minimum absolute atomic E-state index is 0.457. The molecule has 1 fully saturated rings. The normalized spacial score (nSPS) is 18.8. The van der Waals surface area contributed by atoms with E-state index in [2.05, 4.69) is 23.1 Å². The summed E-state index contributed by atoms with van der Waals surface area (Å²) in [5.74, 6) is 6.43. The van der Waals surface area contributed by atoms with Crippen LogP contribution in [0.4, 0.5) is 0 Å². The van der Waals surface area contributed by atoms with E-state index in [0.717, 1.165) is 11.4 Å². The fourth-order valence-electron chi connectivity index (χ4n) is 2.18. The van der Waals surface area contributed by atoms with Gasteiger partial charge in [-0.2, -0.15) is 11.3 Å². The van der Waals surface area contributed by atoms with Crippen LogP contribution < -0.4 is 11.3 Å². The second kappa shape index (κ2) is 5.46. The van der Waals surface area contributed by atoms with E-state index in [1.807, 2.05) is 0 Å². The molecule has 0 saturated heterocycles. The van der Waals surface area contributed by atoms with E-state index < -0.39 is 0 Å². The number of hydrazine groups is 1. The lowest BCUT2D eigenvalue weighted by Gasteiger charge is -2.19. The van der Waals surface area contributed by atoms with Gasteiger partial charge >= 0.3 is 0 Å². The number of nitrogens with zero attached hydrogens (tertiary/aromatic N) is 1. The zero-order valence-electron chi connectivity index (χ0n) is 9.70. The minimum atomic E-state index is 0.457. The van der Waals surface area contributed by atoms with E-state index in [1.54, 1.807) is 11.3 Å². The SMILES string of the molecule is Cc1cscc1C(=NC1CCCCC1)NN. The van der Waals surface area contributed by atoms with E-state index in [-0.39, 0.29) is 0 Å². The predicted octanol–water partition coefficient (Wildman–Crippen LogP) is 2.60. The molecule has 0 unspecified atom stereocenters. The van der Waals surface area contributed by atoms with Gasteiger partial charge in [-0.15, -0.1) is 0 Å². The van der Waals surface area contributed by atoms with Crippen LogP contribution in [0.5, 0.6) is 0 Å². The van der Waals surface area contributed by atoms with Gasteiger partial charge in [0.15, 0.2) is 0 Å². The van der Waals surface area contributed by atoms with E-state index in [9.17, 15) is 0 Å². The first-order valence-corrected chi connectivity index (χ1v) is 6.83. The van der Waals surface area contributed by atoms with Gasteiger partial charge in [-0.05, 0) is 30.7 Å². The van der Waals surface area contributed by atoms with Crippen molar-refractivity contribution in [1.29, 1.82) is 0 Å². The highest BCUT2D eigenvalue weighted by molar-refractivity contribution is 7.08. The fourth-order valence-corrected chi connectivity index (χ4v) is 3.01. The molecule has 0 spiro atoms. The molecule has 88 valence electrons. The van der Waals surface area contributed by atoms with Crippen molar-refractivity contribution in [3.8, 4) is 0 Å². The Morgan fingerprint density at radius 3 is 2.69 bits per heavy atom. The maximum atomic E-state index is 5.57. The van der Waals surface area contributed by atoms with Crippen molar-refractivity contribution in [3.05, 3.63) is 21.9 Å². The molecule has 0 radical (unpaired) electrons. The Morgan fingerprint density at radius 1 is 1.38 bits per heavy atom. The molecule has 0 atom stereocenters. The standard InChI is InChI=1S/C12H19N3S/c1-9-7-16-8-11(9)12(15-13)14-10-5-3-2-4-6-10/h7-8,10H,2-6,13H2,1H3,(H,14,15). The van der Waals surface area contributed by atoms with Gasteiger partial charge in [-0.1, -0.05) is 19.3 Å². The highest BCUT2D eigenvalue weighted by Crippen LogP contribution is 2.22. The lowest BCUT2D eigenvalue weighted by atomic mass is 9.96. The first-order chi connectivity index (χ1) is 7.81. The number of aryl methyl sites for hydroxylation is 1. The first kappa shape index (κ1) is 11.6. The Bertz CT molecular complexity index is 364. The Hall–Kier alpha value is -0.870. The molecule has 3 N–H and O–H groups in total. The molecule has 1 aliphatic rings. The molecule has 0 aliphatic heterocycles. The Morgan fingerprint density at radius 2 is 2.12 bits per heavy atom. The van der Waals surface area contributed by atoms with Gasteiger partial charge in [0, 0.05) is 10.9 Å². The molecule has 1 aromatic heterocycles. The third-order valence-electron chi connectivity index (χ3n) is 3.13. The van der Waals surface area contributed by atoms with Gasteiger partial charge in [0.1, 0.15) is 5.84 Å². The van der Waals surface area contributed by atoms with Crippen molar-refractivity contribution in [1.82, 2.24) is 5.43 Å². The van der Waals surface area contributed by atoms with Crippen molar-refractivity contribution < 1.29 is 0 Å². The van der Waals surface area contributed by atoms with Crippen molar-refractivity contribution in [3.63, 3.8) is 0 Å². The molecular weight excluding hydrogens is 218 g/mol. The summed E-state index contributed by atoms with van der Waals surface area (Å²) < 4.78 is 0. The van der Waals surface area contributed by atoms with Crippen molar-refractivity contribution >= 4 is 17.2 Å². The molecule has 2 rings (SSSR count). The van der Waals surface area contributed by atoms with Gasteiger partial charge in [0.25, 0.3) is 0 Å². The number of aliphatic imine (C=N–C) groups is 1. The second-order valence-corrected chi connectivity index (χ2v) is 5.13. The molecule has 1 saturated carbocycles. The number of nitrogens with one attached hydrogen (secondary N) is 1. The van der Waals surface area contributed by atoms with Crippen LogP contribution in [0.25, 0.3) is 0 Å². The largest absolute Gasteiger partial charge is 0.308 e. The maximum absolute atomic E-state index is 5.57. The number of thiophene rings is 1. The molecule has 4 heteroatoms. The molecule has 1 heterocycles. The molecule has 1 aromatic rings. The van der Waals surface area contributed by atoms with Gasteiger partial charge in [0.05, 0.1) is 6.04 Å². The summed E-state index contributed by atoms with van der Waals surface area (Å²) in [6.45, 7) is 2.10. The van der Waals surface area contributed by atoms with Gasteiger partial charge in [-0.3, -0.25) is 4.99 Å². The first-order valence-electron chi connectivity index (χ1n) is 5.89. The van der Waals surface area contributed by atoms with Crippen LogP contribution in [-0.4, -0.2) is 11.9 Å². The molecule has 0 amide bonds. The van der Waals surface area contributed by atoms with Gasteiger partial charge in [-0.25, -0.2) is 5.84 Å². The maximum Gasteiger partial charge on any atom is 0.143 e. The molecular formula is C12H19N3S. The summed E-state index contributed by atoms with van der Waals surface area (Å²) >= 11 is 1.70. The lowest BCUT2D eigenvalue weighted by Crippen LogP contribution is -2.33. The lowest BCUT2D eigenvalue weighted by molar-refractivity contribution is 0.442. The Balaban J connectivity index is 2.15. The van der Waals surface area contributed by atoms with Crippen LogP contribution in [0.1, 0.15) is 43.2 Å². The van der Waals surface area contributed by atoms with Crippen LogP contribution in [-0.2, 0) is 0 Å². The van der Waals surface area contributed by atoms with Crippen LogP contribution in [0.2, 0.25) is 0 Å². The monoisotopic (exact) mass is 237 g/mol. The number of rotatable bonds is 2. The van der Waals surface area contributed by atoms with Crippen molar-refractivity contribution in [2.75, 3.05) is 0 Å². The average molecular weight is 237 g/mol. The van der Waals surface area contributed by atoms with Crippen LogP contribution in [0, 0.1) is 6.92 Å². The smallest absolute Gasteiger partial charge is 0.143 e. The Kier molecular flexibility index (Phi) is 3.96. The van der Waals surface area contributed by atoms with Crippen LogP contribution in [0.3, 0.4) is 0 Å². The fraction of sp³-hybridized carbons (Fsp3) is 0.583. The number of hydrogen-bond acceptors (Lipinski definition) is 3. The molecule has 0 bridgehead atoms. The van der Waals surface area contributed by atoms with Crippen LogP contribution in [0.15, 0.2) is 15.8 Å². The summed E-state index contributed by atoms with van der Waals surface area (Å²) in [4.78, 5) is 4.74. The highest BCUT2D eigenvalue weighted by Gasteiger charge is 2.14. The average Bonchev–Trinajstić information content (AvgIpc) is 2.74. The third kappa shape index (κ3) is 2.62. The second-order valence-electron chi connectivity index (χ2n) is 4.38. The van der Waals surface area contributed by atoms with E-state index >= 15 is 0 Å².